The maximum atomic E-state index is 12.7. The van der Waals surface area contributed by atoms with E-state index in [0.717, 1.165) is 42.9 Å². The molecular formula is C19H21N3O4S. The fraction of sp³-hybridized carbons (Fsp3) is 0.368. The molecule has 0 saturated carbocycles. The van der Waals surface area contributed by atoms with Crippen LogP contribution in [0.25, 0.3) is 0 Å². The lowest BCUT2D eigenvalue weighted by Gasteiger charge is -2.26. The Kier molecular flexibility index (Phi) is 4.75. The smallest absolute Gasteiger partial charge is 0.256 e. The fourth-order valence-electron chi connectivity index (χ4n) is 3.53. The van der Waals surface area contributed by atoms with Gasteiger partial charge >= 0.3 is 0 Å². The topological polar surface area (TPSA) is 93.9 Å². The van der Waals surface area contributed by atoms with E-state index in [9.17, 15) is 9.59 Å². The third kappa shape index (κ3) is 3.38. The number of nitrogens with one attached hydrogen (secondary N) is 1. The van der Waals surface area contributed by atoms with Crippen molar-refractivity contribution >= 4 is 28.2 Å². The first-order valence-electron chi connectivity index (χ1n) is 8.94. The molecule has 1 aromatic heterocycles. The summed E-state index contributed by atoms with van der Waals surface area (Å²) in [7, 11) is 0. The van der Waals surface area contributed by atoms with Gasteiger partial charge in [0.1, 0.15) is 5.00 Å². The number of nitrogens with two attached hydrogens (primary N) is 1. The van der Waals surface area contributed by atoms with E-state index in [-0.39, 0.29) is 12.7 Å². The van der Waals surface area contributed by atoms with Gasteiger partial charge in [-0.05, 0) is 43.1 Å². The van der Waals surface area contributed by atoms with Gasteiger partial charge in [0.2, 0.25) is 6.79 Å². The Morgan fingerprint density at radius 3 is 2.89 bits per heavy atom. The summed E-state index contributed by atoms with van der Waals surface area (Å²) in [5.41, 5.74) is 7.49. The molecule has 0 unspecified atom stereocenters. The van der Waals surface area contributed by atoms with E-state index in [2.05, 4.69) is 17.1 Å². The van der Waals surface area contributed by atoms with Crippen LogP contribution < -0.4 is 20.5 Å². The highest BCUT2D eigenvalue weighted by Crippen LogP contribution is 2.38. The van der Waals surface area contributed by atoms with E-state index in [1.54, 1.807) is 18.2 Å². The molecular weight excluding hydrogens is 366 g/mol. The number of rotatable bonds is 5. The summed E-state index contributed by atoms with van der Waals surface area (Å²) in [4.78, 5) is 28.2. The van der Waals surface area contributed by atoms with Gasteiger partial charge in [-0.25, -0.2) is 0 Å². The Hall–Kier alpha value is -2.58. The van der Waals surface area contributed by atoms with Crippen molar-refractivity contribution < 1.29 is 19.1 Å². The molecule has 2 aliphatic heterocycles. The van der Waals surface area contributed by atoms with Gasteiger partial charge in [-0.2, -0.15) is 0 Å². The molecule has 0 saturated heterocycles. The van der Waals surface area contributed by atoms with E-state index >= 15 is 0 Å². The van der Waals surface area contributed by atoms with Crippen LogP contribution in [0.2, 0.25) is 0 Å². The quantitative estimate of drug-likeness (QED) is 0.822. The highest BCUT2D eigenvalue weighted by atomic mass is 32.1. The molecule has 1 aromatic carbocycles. The molecule has 0 spiro atoms. The number of anilines is 1. The van der Waals surface area contributed by atoms with Gasteiger partial charge in [-0.1, -0.05) is 6.92 Å². The number of carbonyl (C=O) groups is 2. The third-order valence-electron chi connectivity index (χ3n) is 4.78. The van der Waals surface area contributed by atoms with Crippen LogP contribution in [0, 0.1) is 0 Å². The Morgan fingerprint density at radius 1 is 1.30 bits per heavy atom. The summed E-state index contributed by atoms with van der Waals surface area (Å²) < 4.78 is 10.6. The van der Waals surface area contributed by atoms with Crippen molar-refractivity contribution in [1.29, 1.82) is 0 Å². The van der Waals surface area contributed by atoms with Crippen LogP contribution in [0.1, 0.15) is 44.5 Å². The molecule has 2 amide bonds. The van der Waals surface area contributed by atoms with Crippen LogP contribution >= 0.6 is 11.3 Å². The van der Waals surface area contributed by atoms with E-state index < -0.39 is 5.91 Å². The monoisotopic (exact) mass is 387 g/mol. The molecule has 0 radical (unpaired) electrons. The molecule has 0 fully saturated rings. The largest absolute Gasteiger partial charge is 0.454 e. The SMILES string of the molecule is CCCN1CCc2c(sc(NC(=O)c3ccc4c(c3)OCO4)c2C(N)=O)C1. The number of nitrogens with zero attached hydrogens (tertiary/aromatic N) is 1. The van der Waals surface area contributed by atoms with Crippen molar-refractivity contribution in [2.75, 3.05) is 25.2 Å². The second-order valence-corrected chi connectivity index (χ2v) is 7.73. The first-order chi connectivity index (χ1) is 13.1. The van der Waals surface area contributed by atoms with Crippen molar-refractivity contribution in [3.8, 4) is 11.5 Å². The van der Waals surface area contributed by atoms with Gasteiger partial charge in [0.25, 0.3) is 11.8 Å². The Bertz CT molecular complexity index is 909. The van der Waals surface area contributed by atoms with E-state index in [1.165, 1.54) is 11.3 Å². The maximum absolute atomic E-state index is 12.7. The van der Waals surface area contributed by atoms with Gasteiger partial charge < -0.3 is 20.5 Å². The highest BCUT2D eigenvalue weighted by molar-refractivity contribution is 7.17. The fourth-order valence-corrected chi connectivity index (χ4v) is 4.82. The molecule has 27 heavy (non-hydrogen) atoms. The molecule has 7 nitrogen and oxygen atoms in total. The number of thiophene rings is 1. The third-order valence-corrected chi connectivity index (χ3v) is 5.92. The minimum atomic E-state index is -0.502. The van der Waals surface area contributed by atoms with E-state index in [0.29, 0.717) is 27.6 Å². The number of ether oxygens (including phenoxy) is 2. The zero-order valence-electron chi connectivity index (χ0n) is 15.0. The average molecular weight is 387 g/mol. The van der Waals surface area contributed by atoms with E-state index in [4.69, 9.17) is 15.2 Å². The molecule has 142 valence electrons. The van der Waals surface area contributed by atoms with Gasteiger partial charge in [0.05, 0.1) is 5.56 Å². The maximum Gasteiger partial charge on any atom is 0.256 e. The van der Waals surface area contributed by atoms with Crippen molar-refractivity contribution in [2.45, 2.75) is 26.3 Å². The summed E-state index contributed by atoms with van der Waals surface area (Å²) in [6.07, 6.45) is 1.85. The van der Waals surface area contributed by atoms with Gasteiger partial charge in [0, 0.05) is 23.5 Å². The van der Waals surface area contributed by atoms with Crippen molar-refractivity contribution in [3.05, 3.63) is 39.8 Å². The average Bonchev–Trinajstić information content (AvgIpc) is 3.24. The summed E-state index contributed by atoms with van der Waals surface area (Å²) >= 11 is 1.44. The highest BCUT2D eigenvalue weighted by Gasteiger charge is 2.28. The molecule has 3 N–H and O–H groups in total. The van der Waals surface area contributed by atoms with Crippen LogP contribution in [0.15, 0.2) is 18.2 Å². The first kappa shape index (κ1) is 17.8. The molecule has 3 heterocycles. The summed E-state index contributed by atoms with van der Waals surface area (Å²) in [6, 6.07) is 5.01. The van der Waals surface area contributed by atoms with Gasteiger partial charge in [0.15, 0.2) is 11.5 Å². The second kappa shape index (κ2) is 7.21. The second-order valence-electron chi connectivity index (χ2n) is 6.62. The number of hydrogen-bond donors (Lipinski definition) is 2. The molecule has 4 rings (SSSR count). The number of benzene rings is 1. The van der Waals surface area contributed by atoms with Crippen LogP contribution in [0.3, 0.4) is 0 Å². The minimum Gasteiger partial charge on any atom is -0.454 e. The number of primary amides is 1. The number of hydrogen-bond acceptors (Lipinski definition) is 6. The number of fused-ring (bicyclic) bond motifs is 2. The lowest BCUT2D eigenvalue weighted by Crippen LogP contribution is -2.31. The molecule has 2 aliphatic rings. The zero-order valence-corrected chi connectivity index (χ0v) is 15.9. The lowest BCUT2D eigenvalue weighted by atomic mass is 10.0. The molecule has 0 aliphatic carbocycles. The molecule has 0 bridgehead atoms. The predicted molar refractivity (Wildman–Crippen MR) is 103 cm³/mol. The van der Waals surface area contributed by atoms with Crippen molar-refractivity contribution in [3.63, 3.8) is 0 Å². The van der Waals surface area contributed by atoms with Crippen molar-refractivity contribution in [1.82, 2.24) is 4.90 Å². The molecule has 8 heteroatoms. The van der Waals surface area contributed by atoms with Crippen LogP contribution in [-0.2, 0) is 13.0 Å². The summed E-state index contributed by atoms with van der Waals surface area (Å²) in [5.74, 6) is 0.350. The standard InChI is InChI=1S/C19H21N3O4S/c1-2-6-22-7-5-12-15(9-22)27-19(16(12)17(20)23)21-18(24)11-3-4-13-14(8-11)26-10-25-13/h3-4,8H,2,5-7,9-10H2,1H3,(H2,20,23)(H,21,24). The van der Waals surface area contributed by atoms with E-state index in [1.807, 2.05) is 0 Å². The number of amides is 2. The lowest BCUT2D eigenvalue weighted by molar-refractivity contribution is 0.1000. The minimum absolute atomic E-state index is 0.151. The Balaban J connectivity index is 1.60. The summed E-state index contributed by atoms with van der Waals surface area (Å²) in [5, 5.41) is 3.39. The summed E-state index contributed by atoms with van der Waals surface area (Å²) in [6.45, 7) is 5.00. The Labute approximate surface area is 161 Å². The predicted octanol–water partition coefficient (Wildman–Crippen LogP) is 2.60. The van der Waals surface area contributed by atoms with Crippen LogP contribution in [0.5, 0.6) is 11.5 Å². The first-order valence-corrected chi connectivity index (χ1v) is 9.76. The van der Waals surface area contributed by atoms with Gasteiger partial charge in [-0.15, -0.1) is 11.3 Å². The van der Waals surface area contributed by atoms with Gasteiger partial charge in [-0.3, -0.25) is 14.5 Å². The van der Waals surface area contributed by atoms with Crippen LogP contribution in [0.4, 0.5) is 5.00 Å². The molecule has 2 aromatic rings. The number of carbonyl (C=O) groups excluding carboxylic acids is 2. The zero-order chi connectivity index (χ0) is 19.0. The normalized spacial score (nSPS) is 15.4. The van der Waals surface area contributed by atoms with Crippen LogP contribution in [-0.4, -0.2) is 36.6 Å². The van der Waals surface area contributed by atoms with Crippen molar-refractivity contribution in [2.24, 2.45) is 5.73 Å². The Morgan fingerprint density at radius 2 is 2.11 bits per heavy atom. The molecule has 0 atom stereocenters.